The summed E-state index contributed by atoms with van der Waals surface area (Å²) in [6.45, 7) is 0. The molecule has 1 aromatic rings. The van der Waals surface area contributed by atoms with Crippen LogP contribution in [0.5, 0.6) is 0 Å². The standard InChI is InChI=1S/C9H10NO2.Pb/c10-8(9(11)12)6-7-4-2-1-3-5-7;/h2-5,8H,6,10H2,(H,11,12);. The predicted molar refractivity (Wildman–Crippen MR) is 51.1 cm³/mol. The number of rotatable bonds is 3. The summed E-state index contributed by atoms with van der Waals surface area (Å²) >= 11 is 1.02. The summed E-state index contributed by atoms with van der Waals surface area (Å²) in [6.07, 6.45) is 0.400. The molecule has 0 aliphatic carbocycles. The van der Waals surface area contributed by atoms with Gasteiger partial charge in [-0.2, -0.15) is 0 Å². The summed E-state index contributed by atoms with van der Waals surface area (Å²) in [5, 5.41) is 8.58. The molecular formula is C9H10NO2Pb. The Balaban J connectivity index is 2.64. The van der Waals surface area contributed by atoms with Gasteiger partial charge in [-0.25, -0.2) is 0 Å². The van der Waals surface area contributed by atoms with E-state index in [-0.39, 0.29) is 0 Å². The second-order valence-electron chi connectivity index (χ2n) is 2.85. The van der Waals surface area contributed by atoms with Crippen LogP contribution in [0.3, 0.4) is 0 Å². The third-order valence-electron chi connectivity index (χ3n) is 1.73. The van der Waals surface area contributed by atoms with Crippen LogP contribution in [0.25, 0.3) is 0 Å². The van der Waals surface area contributed by atoms with Crippen LogP contribution in [-0.2, 0) is 11.2 Å². The average molecular weight is 371 g/mol. The number of carbonyl (C=O) groups is 1. The van der Waals surface area contributed by atoms with Crippen molar-refractivity contribution in [1.29, 1.82) is 0 Å². The van der Waals surface area contributed by atoms with Crippen molar-refractivity contribution in [3.05, 3.63) is 29.8 Å². The summed E-state index contributed by atoms with van der Waals surface area (Å²) in [5.41, 5.74) is 6.38. The van der Waals surface area contributed by atoms with E-state index in [0.29, 0.717) is 6.42 Å². The van der Waals surface area contributed by atoms with Crippen molar-refractivity contribution in [2.45, 2.75) is 12.5 Å². The molecule has 0 heterocycles. The zero-order chi connectivity index (χ0) is 9.84. The minimum atomic E-state index is -0.949. The van der Waals surface area contributed by atoms with Gasteiger partial charge in [-0.1, -0.05) is 0 Å². The molecule has 3 nitrogen and oxygen atoms in total. The summed E-state index contributed by atoms with van der Waals surface area (Å²) in [7, 11) is 0. The summed E-state index contributed by atoms with van der Waals surface area (Å²) in [6, 6.07) is 7.10. The molecule has 1 unspecified atom stereocenters. The van der Waals surface area contributed by atoms with Crippen LogP contribution in [0.2, 0.25) is 0 Å². The maximum atomic E-state index is 10.5. The van der Waals surface area contributed by atoms with E-state index in [1.54, 1.807) is 0 Å². The molecule has 0 aromatic heterocycles. The Bertz CT molecular complexity index is 297. The molecule has 0 spiro atoms. The third-order valence-corrected chi connectivity index (χ3v) is 3.02. The normalized spacial score (nSPS) is 12.5. The van der Waals surface area contributed by atoms with Crippen molar-refractivity contribution in [1.82, 2.24) is 0 Å². The van der Waals surface area contributed by atoms with Crippen LogP contribution >= 0.6 is 0 Å². The van der Waals surface area contributed by atoms with Gasteiger partial charge < -0.3 is 0 Å². The fraction of sp³-hybridized carbons (Fsp3) is 0.222. The van der Waals surface area contributed by atoms with Gasteiger partial charge in [0.15, 0.2) is 0 Å². The first-order valence-corrected chi connectivity index (χ1v) is 5.83. The number of benzene rings is 1. The molecule has 1 atom stereocenters. The Hall–Kier alpha value is -0.428. The molecule has 1 aromatic carbocycles. The fourth-order valence-electron chi connectivity index (χ4n) is 0.982. The van der Waals surface area contributed by atoms with Crippen LogP contribution in [0.1, 0.15) is 5.56 Å². The molecule has 0 aliphatic heterocycles. The van der Waals surface area contributed by atoms with Crippen LogP contribution in [0, 0.1) is 0 Å². The van der Waals surface area contributed by atoms with Crippen LogP contribution in [0.15, 0.2) is 24.3 Å². The van der Waals surface area contributed by atoms with E-state index < -0.39 is 12.0 Å². The molecule has 67 valence electrons. The summed E-state index contributed by atoms with van der Waals surface area (Å²) < 4.78 is 1.30. The first kappa shape index (κ1) is 10.7. The summed E-state index contributed by atoms with van der Waals surface area (Å²) in [4.78, 5) is 10.5. The average Bonchev–Trinajstić information content (AvgIpc) is 2.08. The molecule has 3 radical (unpaired) electrons. The topological polar surface area (TPSA) is 63.3 Å². The van der Waals surface area contributed by atoms with Gasteiger partial charge >= 0.3 is 92.8 Å². The van der Waals surface area contributed by atoms with Gasteiger partial charge in [0.2, 0.25) is 0 Å². The van der Waals surface area contributed by atoms with Crippen molar-refractivity contribution in [3.8, 4) is 0 Å². The van der Waals surface area contributed by atoms with E-state index >= 15 is 0 Å². The van der Waals surface area contributed by atoms with Gasteiger partial charge in [0.25, 0.3) is 0 Å². The van der Waals surface area contributed by atoms with E-state index in [2.05, 4.69) is 0 Å². The molecular weight excluding hydrogens is 361 g/mol. The quantitative estimate of drug-likeness (QED) is 0.700. The second kappa shape index (κ2) is 4.71. The Morgan fingerprint density at radius 3 is 2.46 bits per heavy atom. The van der Waals surface area contributed by atoms with Crippen molar-refractivity contribution < 1.29 is 9.90 Å². The van der Waals surface area contributed by atoms with E-state index in [1.807, 2.05) is 24.3 Å². The number of carboxylic acids is 1. The Morgan fingerprint density at radius 1 is 1.46 bits per heavy atom. The van der Waals surface area contributed by atoms with E-state index in [4.69, 9.17) is 10.8 Å². The Labute approximate surface area is 92.6 Å². The summed E-state index contributed by atoms with van der Waals surface area (Å²) in [5.74, 6) is -0.949. The van der Waals surface area contributed by atoms with Gasteiger partial charge in [-0.3, -0.25) is 0 Å². The van der Waals surface area contributed by atoms with E-state index in [0.717, 1.165) is 31.3 Å². The first-order valence-electron chi connectivity index (χ1n) is 3.88. The van der Waals surface area contributed by atoms with E-state index in [1.165, 1.54) is 3.12 Å². The first-order chi connectivity index (χ1) is 6.09. The third kappa shape index (κ3) is 3.43. The zero-order valence-electron chi connectivity index (χ0n) is 7.03. The van der Waals surface area contributed by atoms with Gasteiger partial charge in [0, 0.05) is 0 Å². The molecule has 0 saturated heterocycles. The molecule has 1 rings (SSSR count). The molecule has 0 saturated carbocycles. The van der Waals surface area contributed by atoms with Crippen molar-refractivity contribution >= 4 is 34.9 Å². The molecule has 0 bridgehead atoms. The van der Waals surface area contributed by atoms with Crippen LogP contribution in [0.4, 0.5) is 0 Å². The van der Waals surface area contributed by atoms with E-state index in [9.17, 15) is 4.79 Å². The number of hydrogen-bond acceptors (Lipinski definition) is 2. The molecule has 0 amide bonds. The zero-order valence-corrected chi connectivity index (χ0v) is 10.9. The van der Waals surface area contributed by atoms with Gasteiger partial charge in [0.1, 0.15) is 0 Å². The van der Waals surface area contributed by atoms with Crippen LogP contribution in [-0.4, -0.2) is 42.9 Å². The molecule has 3 N–H and O–H groups in total. The number of carboxylic acid groups (broad SMARTS) is 1. The van der Waals surface area contributed by atoms with Gasteiger partial charge in [-0.05, 0) is 0 Å². The molecule has 0 fully saturated rings. The molecule has 13 heavy (non-hydrogen) atoms. The Morgan fingerprint density at radius 2 is 2.00 bits per heavy atom. The molecule has 4 heteroatoms. The number of nitrogens with two attached hydrogens (primary N) is 1. The van der Waals surface area contributed by atoms with Crippen molar-refractivity contribution in [3.63, 3.8) is 0 Å². The molecule has 0 aliphatic rings. The van der Waals surface area contributed by atoms with Crippen molar-refractivity contribution in [2.24, 2.45) is 5.73 Å². The maximum absolute atomic E-state index is 10.5. The van der Waals surface area contributed by atoms with Gasteiger partial charge in [-0.15, -0.1) is 0 Å². The monoisotopic (exact) mass is 372 g/mol. The van der Waals surface area contributed by atoms with Gasteiger partial charge in [0.05, 0.1) is 0 Å². The second-order valence-corrected chi connectivity index (χ2v) is 5.09. The fourth-order valence-corrected chi connectivity index (χ4v) is 1.63. The van der Waals surface area contributed by atoms with Crippen molar-refractivity contribution in [2.75, 3.05) is 0 Å². The number of hydrogen-bond donors (Lipinski definition) is 2. The SMILES string of the molecule is NC(Cc1cc[c]([Pb])cc1)C(=O)O. The number of aliphatic carboxylic acids is 1. The minimum absolute atomic E-state index is 0.400. The van der Waals surface area contributed by atoms with Crippen LogP contribution < -0.4 is 8.86 Å². The Kier molecular flexibility index (Phi) is 3.86. The predicted octanol–water partition coefficient (Wildman–Crippen LogP) is -0.565.